The Morgan fingerprint density at radius 2 is 1.50 bits per heavy atom. The molecule has 0 atom stereocenters. The molecule has 0 fully saturated rings. The zero-order valence-corrected chi connectivity index (χ0v) is 14.3. The fourth-order valence-electron chi connectivity index (χ4n) is 2.86. The fourth-order valence-corrected chi connectivity index (χ4v) is 3.43. The van der Waals surface area contributed by atoms with E-state index in [4.69, 9.17) is 4.74 Å². The van der Waals surface area contributed by atoms with Gasteiger partial charge in [0.25, 0.3) is 0 Å². The van der Waals surface area contributed by atoms with Gasteiger partial charge in [0, 0.05) is 15.2 Å². The lowest BCUT2D eigenvalue weighted by Crippen LogP contribution is -2.09. The number of fused-ring (bicyclic) bond motifs is 2. The second kappa shape index (κ2) is 6.10. The first kappa shape index (κ1) is 14.9. The highest BCUT2D eigenvalue weighted by molar-refractivity contribution is 9.10. The highest BCUT2D eigenvalue weighted by atomic mass is 79.9. The number of benzene rings is 4. The van der Waals surface area contributed by atoms with E-state index in [1.54, 1.807) is 12.1 Å². The maximum absolute atomic E-state index is 12.6. The number of ether oxygens (including phenoxy) is 1. The number of hydrogen-bond donors (Lipinski definition) is 0. The van der Waals surface area contributed by atoms with Crippen molar-refractivity contribution in [3.8, 4) is 5.75 Å². The molecule has 4 rings (SSSR count). The number of carbonyl (C=O) groups is 1. The molecular formula is C21H13BrO2. The Labute approximate surface area is 147 Å². The van der Waals surface area contributed by atoms with Gasteiger partial charge in [0.05, 0.1) is 5.56 Å². The molecular weight excluding hydrogens is 364 g/mol. The molecule has 0 aliphatic rings. The van der Waals surface area contributed by atoms with Gasteiger partial charge in [-0.2, -0.15) is 0 Å². The average molecular weight is 377 g/mol. The van der Waals surface area contributed by atoms with E-state index < -0.39 is 0 Å². The number of halogens is 1. The first-order valence-corrected chi connectivity index (χ1v) is 8.40. The number of carbonyl (C=O) groups excluding carboxylic acids is 1. The van der Waals surface area contributed by atoms with Crippen molar-refractivity contribution in [3.05, 3.63) is 88.9 Å². The third-order valence-corrected chi connectivity index (χ3v) is 4.65. The van der Waals surface area contributed by atoms with Gasteiger partial charge in [-0.3, -0.25) is 0 Å². The van der Waals surface area contributed by atoms with E-state index in [1.165, 1.54) is 0 Å². The maximum atomic E-state index is 12.6. The molecule has 0 amide bonds. The summed E-state index contributed by atoms with van der Waals surface area (Å²) in [5.41, 5.74) is 0.533. The van der Waals surface area contributed by atoms with E-state index in [0.717, 1.165) is 26.0 Å². The summed E-state index contributed by atoms with van der Waals surface area (Å²) in [6.07, 6.45) is 0. The smallest absolute Gasteiger partial charge is 0.343 e. The van der Waals surface area contributed by atoms with Crippen molar-refractivity contribution in [2.45, 2.75) is 0 Å². The van der Waals surface area contributed by atoms with Crippen molar-refractivity contribution in [2.75, 3.05) is 0 Å². The Morgan fingerprint density at radius 3 is 2.33 bits per heavy atom. The van der Waals surface area contributed by atoms with Crippen LogP contribution in [0.5, 0.6) is 5.75 Å². The molecule has 116 valence electrons. The normalized spacial score (nSPS) is 10.9. The second-order valence-electron chi connectivity index (χ2n) is 5.52. The van der Waals surface area contributed by atoms with E-state index in [-0.39, 0.29) is 5.97 Å². The van der Waals surface area contributed by atoms with E-state index in [0.29, 0.717) is 11.3 Å². The summed E-state index contributed by atoms with van der Waals surface area (Å²) in [4.78, 5) is 12.6. The summed E-state index contributed by atoms with van der Waals surface area (Å²) in [5, 5.41) is 3.89. The molecule has 0 aliphatic heterocycles. The van der Waals surface area contributed by atoms with E-state index in [2.05, 4.69) is 22.0 Å². The van der Waals surface area contributed by atoms with Crippen molar-refractivity contribution >= 4 is 43.4 Å². The zero-order valence-electron chi connectivity index (χ0n) is 12.7. The predicted octanol–water partition coefficient (Wildman–Crippen LogP) is 5.97. The molecule has 0 aliphatic carbocycles. The summed E-state index contributed by atoms with van der Waals surface area (Å²) >= 11 is 3.59. The highest BCUT2D eigenvalue weighted by Gasteiger charge is 2.16. The van der Waals surface area contributed by atoms with Gasteiger partial charge in [-0.05, 0) is 35.0 Å². The SMILES string of the molecule is O=C(Oc1c2ccccc2cc2cccc(Br)c12)c1ccccc1. The van der Waals surface area contributed by atoms with Crippen molar-refractivity contribution < 1.29 is 9.53 Å². The van der Waals surface area contributed by atoms with Crippen LogP contribution in [0.2, 0.25) is 0 Å². The van der Waals surface area contributed by atoms with Crippen molar-refractivity contribution in [1.29, 1.82) is 0 Å². The molecule has 0 unspecified atom stereocenters. The number of esters is 1. The Kier molecular flexibility index (Phi) is 3.79. The average Bonchev–Trinajstić information content (AvgIpc) is 2.62. The van der Waals surface area contributed by atoms with Crippen LogP contribution in [-0.4, -0.2) is 5.97 Å². The summed E-state index contributed by atoms with van der Waals surface area (Å²) < 4.78 is 6.74. The van der Waals surface area contributed by atoms with Crippen LogP contribution in [0.3, 0.4) is 0 Å². The minimum absolute atomic E-state index is 0.357. The maximum Gasteiger partial charge on any atom is 0.343 e. The molecule has 0 spiro atoms. The summed E-state index contributed by atoms with van der Waals surface area (Å²) in [6.45, 7) is 0. The van der Waals surface area contributed by atoms with Gasteiger partial charge in [-0.1, -0.05) is 70.5 Å². The lowest BCUT2D eigenvalue weighted by molar-refractivity contribution is 0.0739. The molecule has 24 heavy (non-hydrogen) atoms. The third-order valence-electron chi connectivity index (χ3n) is 3.99. The lowest BCUT2D eigenvalue weighted by Gasteiger charge is -2.13. The Bertz CT molecular complexity index is 1060. The van der Waals surface area contributed by atoms with Crippen LogP contribution in [0.25, 0.3) is 21.5 Å². The molecule has 0 saturated heterocycles. The zero-order chi connectivity index (χ0) is 16.5. The minimum Gasteiger partial charge on any atom is -0.422 e. The molecule has 0 radical (unpaired) electrons. The molecule has 0 aromatic heterocycles. The van der Waals surface area contributed by atoms with Crippen molar-refractivity contribution in [1.82, 2.24) is 0 Å². The molecule has 4 aromatic rings. The molecule has 3 heteroatoms. The van der Waals surface area contributed by atoms with E-state index >= 15 is 0 Å². The van der Waals surface area contributed by atoms with Crippen LogP contribution in [-0.2, 0) is 0 Å². The van der Waals surface area contributed by atoms with Gasteiger partial charge >= 0.3 is 5.97 Å². The van der Waals surface area contributed by atoms with E-state index in [9.17, 15) is 4.79 Å². The molecule has 0 N–H and O–H groups in total. The lowest BCUT2D eigenvalue weighted by atomic mass is 10.0. The largest absolute Gasteiger partial charge is 0.422 e. The van der Waals surface area contributed by atoms with Gasteiger partial charge in [-0.15, -0.1) is 0 Å². The number of rotatable bonds is 2. The summed E-state index contributed by atoms with van der Waals surface area (Å²) in [5.74, 6) is 0.230. The van der Waals surface area contributed by atoms with Crippen LogP contribution >= 0.6 is 15.9 Å². The Morgan fingerprint density at radius 1 is 0.792 bits per heavy atom. The predicted molar refractivity (Wildman–Crippen MR) is 101 cm³/mol. The molecule has 4 aromatic carbocycles. The van der Waals surface area contributed by atoms with Crippen LogP contribution in [0.1, 0.15) is 10.4 Å². The highest BCUT2D eigenvalue weighted by Crippen LogP contribution is 2.39. The number of hydrogen-bond acceptors (Lipinski definition) is 2. The molecule has 0 bridgehead atoms. The third kappa shape index (κ3) is 2.57. The Hall–Kier alpha value is -2.65. The summed E-state index contributed by atoms with van der Waals surface area (Å²) in [7, 11) is 0. The van der Waals surface area contributed by atoms with Crippen LogP contribution in [0.15, 0.2) is 83.3 Å². The van der Waals surface area contributed by atoms with Gasteiger partial charge in [0.1, 0.15) is 5.75 Å². The van der Waals surface area contributed by atoms with E-state index in [1.807, 2.05) is 60.7 Å². The van der Waals surface area contributed by atoms with Crippen LogP contribution in [0.4, 0.5) is 0 Å². The van der Waals surface area contributed by atoms with Gasteiger partial charge < -0.3 is 4.74 Å². The standard InChI is InChI=1S/C21H13BrO2/c22-18-12-6-10-16-13-15-9-4-5-11-17(15)20(19(16)18)24-21(23)14-7-2-1-3-8-14/h1-13H. The van der Waals surface area contributed by atoms with Crippen molar-refractivity contribution in [3.63, 3.8) is 0 Å². The molecule has 2 nitrogen and oxygen atoms in total. The second-order valence-corrected chi connectivity index (χ2v) is 6.37. The minimum atomic E-state index is -0.357. The van der Waals surface area contributed by atoms with Gasteiger partial charge in [0.2, 0.25) is 0 Å². The molecule has 0 saturated carbocycles. The van der Waals surface area contributed by atoms with Crippen LogP contribution in [0, 0.1) is 0 Å². The summed E-state index contributed by atoms with van der Waals surface area (Å²) in [6, 6.07) is 25.0. The first-order chi connectivity index (χ1) is 11.7. The molecule has 0 heterocycles. The van der Waals surface area contributed by atoms with Gasteiger partial charge in [0.15, 0.2) is 0 Å². The quantitative estimate of drug-likeness (QED) is 0.244. The van der Waals surface area contributed by atoms with Crippen LogP contribution < -0.4 is 4.74 Å². The Balaban J connectivity index is 1.96. The monoisotopic (exact) mass is 376 g/mol. The fraction of sp³-hybridized carbons (Fsp3) is 0. The van der Waals surface area contributed by atoms with Gasteiger partial charge in [-0.25, -0.2) is 4.79 Å². The topological polar surface area (TPSA) is 26.3 Å². The first-order valence-electron chi connectivity index (χ1n) is 7.61. The van der Waals surface area contributed by atoms with Crippen molar-refractivity contribution in [2.24, 2.45) is 0 Å².